The molecular formula is C30H33N7O8. The minimum Gasteiger partial charge on any atom is -0.508 e. The van der Waals surface area contributed by atoms with Gasteiger partial charge in [0.05, 0.1) is 18.8 Å². The zero-order valence-electron chi connectivity index (χ0n) is 23.9. The molecule has 0 aliphatic carbocycles. The van der Waals surface area contributed by atoms with Crippen LogP contribution in [0.3, 0.4) is 0 Å². The average Bonchev–Trinajstić information content (AvgIpc) is 3.67. The van der Waals surface area contributed by atoms with Crippen LogP contribution in [0.25, 0.3) is 10.9 Å². The lowest BCUT2D eigenvalue weighted by atomic mass is 10.0. The van der Waals surface area contributed by atoms with Gasteiger partial charge in [-0.1, -0.05) is 30.3 Å². The Morgan fingerprint density at radius 3 is 2.13 bits per heavy atom. The second-order valence-corrected chi connectivity index (χ2v) is 10.4. The van der Waals surface area contributed by atoms with E-state index in [9.17, 15) is 39.3 Å². The number of rotatable bonds is 15. The number of benzene rings is 2. The maximum absolute atomic E-state index is 13.4. The molecule has 3 amide bonds. The van der Waals surface area contributed by atoms with Crippen molar-refractivity contribution in [1.29, 1.82) is 0 Å². The van der Waals surface area contributed by atoms with Crippen LogP contribution in [0.2, 0.25) is 0 Å². The molecule has 0 bridgehead atoms. The highest BCUT2D eigenvalue weighted by molar-refractivity contribution is 5.96. The van der Waals surface area contributed by atoms with E-state index in [-0.39, 0.29) is 25.0 Å². The molecule has 2 heterocycles. The number of carboxylic acid groups (broad SMARTS) is 2. The van der Waals surface area contributed by atoms with E-state index >= 15 is 0 Å². The van der Waals surface area contributed by atoms with E-state index in [2.05, 4.69) is 30.9 Å². The molecule has 15 heteroatoms. The van der Waals surface area contributed by atoms with Crippen LogP contribution in [0.15, 0.2) is 67.3 Å². The number of imidazole rings is 1. The molecule has 4 unspecified atom stereocenters. The average molecular weight is 620 g/mol. The van der Waals surface area contributed by atoms with E-state index < -0.39 is 60.2 Å². The molecule has 10 N–H and O–H groups in total. The SMILES string of the molecule is NC(Cc1ccc(O)cc1)C(=O)NC(CC(=O)O)C(=O)NC(Cc1cnc[nH]1)C(=O)NC(Cc1c[nH]c2ccccc12)C(=O)O. The van der Waals surface area contributed by atoms with E-state index in [1.165, 1.54) is 24.7 Å². The van der Waals surface area contributed by atoms with Crippen LogP contribution in [-0.4, -0.2) is 84.1 Å². The van der Waals surface area contributed by atoms with Gasteiger partial charge in [0, 0.05) is 41.8 Å². The number of phenolic OH excluding ortho intramolecular Hbond substituents is 1. The van der Waals surface area contributed by atoms with E-state index in [1.54, 1.807) is 24.4 Å². The van der Waals surface area contributed by atoms with Crippen LogP contribution in [0, 0.1) is 0 Å². The summed E-state index contributed by atoms with van der Waals surface area (Å²) in [7, 11) is 0. The smallest absolute Gasteiger partial charge is 0.326 e. The highest BCUT2D eigenvalue weighted by Gasteiger charge is 2.32. The molecule has 0 aliphatic heterocycles. The van der Waals surface area contributed by atoms with Crippen LogP contribution in [-0.2, 0) is 43.2 Å². The number of amides is 3. The topological polar surface area (TPSA) is 253 Å². The molecule has 0 spiro atoms. The third-order valence-corrected chi connectivity index (χ3v) is 7.07. The number of para-hydroxylation sites is 1. The first-order valence-corrected chi connectivity index (χ1v) is 13.9. The lowest BCUT2D eigenvalue weighted by Crippen LogP contribution is -2.58. The van der Waals surface area contributed by atoms with Crippen molar-refractivity contribution in [2.75, 3.05) is 0 Å². The molecule has 0 saturated carbocycles. The summed E-state index contributed by atoms with van der Waals surface area (Å²) >= 11 is 0. The lowest BCUT2D eigenvalue weighted by molar-refractivity contribution is -0.143. The second kappa shape index (κ2) is 14.7. The van der Waals surface area contributed by atoms with E-state index in [4.69, 9.17) is 5.73 Å². The first-order valence-electron chi connectivity index (χ1n) is 13.9. The van der Waals surface area contributed by atoms with Crippen molar-refractivity contribution in [1.82, 2.24) is 30.9 Å². The quantitative estimate of drug-likeness (QED) is 0.0858. The first-order chi connectivity index (χ1) is 21.5. The Hall–Kier alpha value is -5.70. The summed E-state index contributed by atoms with van der Waals surface area (Å²) in [6.07, 6.45) is 3.42. The maximum Gasteiger partial charge on any atom is 0.326 e. The van der Waals surface area contributed by atoms with Gasteiger partial charge in [-0.25, -0.2) is 9.78 Å². The number of aromatic nitrogens is 3. The third-order valence-electron chi connectivity index (χ3n) is 7.07. The zero-order chi connectivity index (χ0) is 32.5. The molecule has 15 nitrogen and oxygen atoms in total. The third kappa shape index (κ3) is 8.90. The van der Waals surface area contributed by atoms with Gasteiger partial charge in [0.2, 0.25) is 17.7 Å². The maximum atomic E-state index is 13.4. The highest BCUT2D eigenvalue weighted by Crippen LogP contribution is 2.19. The van der Waals surface area contributed by atoms with Crippen LogP contribution in [0.5, 0.6) is 5.75 Å². The van der Waals surface area contributed by atoms with Gasteiger partial charge in [-0.3, -0.25) is 19.2 Å². The summed E-state index contributed by atoms with van der Waals surface area (Å²) in [4.78, 5) is 73.1. The number of carboxylic acids is 2. The fraction of sp³-hybridized carbons (Fsp3) is 0.267. The summed E-state index contributed by atoms with van der Waals surface area (Å²) in [6.45, 7) is 0. The van der Waals surface area contributed by atoms with Crippen LogP contribution in [0.4, 0.5) is 0 Å². The van der Waals surface area contributed by atoms with Gasteiger partial charge in [-0.15, -0.1) is 0 Å². The number of aromatic amines is 2. The zero-order valence-corrected chi connectivity index (χ0v) is 23.9. The second-order valence-electron chi connectivity index (χ2n) is 10.4. The molecule has 4 rings (SSSR count). The van der Waals surface area contributed by atoms with Gasteiger partial charge in [0.25, 0.3) is 0 Å². The number of carbonyl (C=O) groups is 5. The minimum atomic E-state index is -1.61. The van der Waals surface area contributed by atoms with Crippen molar-refractivity contribution in [3.63, 3.8) is 0 Å². The summed E-state index contributed by atoms with van der Waals surface area (Å²) in [5.41, 5.74) is 8.48. The standard InChI is InChI=1S/C30H33N7O8/c31-21(9-16-5-7-19(38)8-6-16)27(41)35-24(12-26(39)40)29(43)36-23(11-18-14-32-15-34-18)28(42)37-25(30(44)45)10-17-13-33-22-4-2-1-3-20(17)22/h1-8,13-15,21,23-25,33,38H,9-12,31H2,(H,32,34)(H,35,41)(H,36,43)(H,37,42)(H,39,40)(H,44,45). The van der Waals surface area contributed by atoms with Crippen molar-refractivity contribution in [3.8, 4) is 5.75 Å². The van der Waals surface area contributed by atoms with Gasteiger partial charge >= 0.3 is 11.9 Å². The lowest BCUT2D eigenvalue weighted by Gasteiger charge is -2.24. The monoisotopic (exact) mass is 619 g/mol. The number of aromatic hydroxyl groups is 1. The number of aliphatic carboxylic acids is 2. The Morgan fingerprint density at radius 2 is 1.47 bits per heavy atom. The molecule has 45 heavy (non-hydrogen) atoms. The molecule has 2 aromatic heterocycles. The first kappa shape index (κ1) is 32.2. The Balaban J connectivity index is 1.48. The van der Waals surface area contributed by atoms with Gasteiger partial charge < -0.3 is 47.0 Å². The summed E-state index contributed by atoms with van der Waals surface area (Å²) in [6, 6.07) is 7.71. The van der Waals surface area contributed by atoms with Gasteiger partial charge in [0.1, 0.15) is 23.9 Å². The number of phenols is 1. The molecule has 0 radical (unpaired) electrons. The largest absolute Gasteiger partial charge is 0.508 e. The number of fused-ring (bicyclic) bond motifs is 1. The highest BCUT2D eigenvalue weighted by atomic mass is 16.4. The summed E-state index contributed by atoms with van der Waals surface area (Å²) in [5.74, 6) is -5.35. The fourth-order valence-corrected chi connectivity index (χ4v) is 4.73. The van der Waals surface area contributed by atoms with E-state index in [0.29, 0.717) is 16.8 Å². The van der Waals surface area contributed by atoms with Crippen molar-refractivity contribution in [2.24, 2.45) is 5.73 Å². The Kier molecular flexibility index (Phi) is 10.5. The molecular weight excluding hydrogens is 586 g/mol. The van der Waals surface area contributed by atoms with Crippen LogP contribution < -0.4 is 21.7 Å². The number of H-pyrrole nitrogens is 2. The molecule has 2 aromatic carbocycles. The van der Waals surface area contributed by atoms with Crippen molar-refractivity contribution >= 4 is 40.6 Å². The number of nitrogens with zero attached hydrogens (tertiary/aromatic N) is 1. The Bertz CT molecular complexity index is 1650. The van der Waals surface area contributed by atoms with Crippen molar-refractivity contribution < 1.29 is 39.3 Å². The summed E-state index contributed by atoms with van der Waals surface area (Å²) < 4.78 is 0. The molecule has 236 valence electrons. The summed E-state index contributed by atoms with van der Waals surface area (Å²) in [5, 5.41) is 36.8. The Morgan fingerprint density at radius 1 is 0.800 bits per heavy atom. The van der Waals surface area contributed by atoms with E-state index in [1.807, 2.05) is 18.2 Å². The number of nitrogens with one attached hydrogen (secondary N) is 5. The predicted molar refractivity (Wildman–Crippen MR) is 160 cm³/mol. The fourth-order valence-electron chi connectivity index (χ4n) is 4.73. The van der Waals surface area contributed by atoms with Crippen LogP contribution in [0.1, 0.15) is 23.2 Å². The number of carbonyl (C=O) groups excluding carboxylic acids is 3. The predicted octanol–water partition coefficient (Wildman–Crippen LogP) is -0.0345. The normalized spacial score (nSPS) is 13.7. The minimum absolute atomic E-state index is 0.0244. The molecule has 0 aliphatic rings. The van der Waals surface area contributed by atoms with Gasteiger partial charge in [0.15, 0.2) is 0 Å². The van der Waals surface area contributed by atoms with Gasteiger partial charge in [-0.05, 0) is 35.7 Å². The number of hydrogen-bond donors (Lipinski definition) is 9. The van der Waals surface area contributed by atoms with Gasteiger partial charge in [-0.2, -0.15) is 0 Å². The number of nitrogens with two attached hydrogens (primary N) is 1. The molecule has 0 fully saturated rings. The van der Waals surface area contributed by atoms with E-state index in [0.717, 1.165) is 10.9 Å². The Labute approximate surface area is 256 Å². The molecule has 0 saturated heterocycles. The van der Waals surface area contributed by atoms with Crippen molar-refractivity contribution in [2.45, 2.75) is 49.9 Å². The number of hydrogen-bond acceptors (Lipinski definition) is 8. The molecule has 4 aromatic rings. The van der Waals surface area contributed by atoms with Crippen molar-refractivity contribution in [3.05, 3.63) is 84.1 Å². The molecule has 4 atom stereocenters. The van der Waals surface area contributed by atoms with Crippen LogP contribution >= 0.6 is 0 Å².